The summed E-state index contributed by atoms with van der Waals surface area (Å²) in [4.78, 5) is 30.6. The van der Waals surface area contributed by atoms with Gasteiger partial charge in [0.05, 0.1) is 26.3 Å². The number of ether oxygens (including phenoxy) is 1. The van der Waals surface area contributed by atoms with Crippen LogP contribution in [0.15, 0.2) is 42.5 Å². The molecule has 0 fully saturated rings. The van der Waals surface area contributed by atoms with Crippen LogP contribution in [0.4, 0.5) is 14.5 Å². The molecule has 0 aliphatic carbocycles. The van der Waals surface area contributed by atoms with Crippen molar-refractivity contribution in [3.63, 3.8) is 0 Å². The number of aliphatic carboxylic acids is 2. The van der Waals surface area contributed by atoms with E-state index < -0.39 is 29.7 Å². The van der Waals surface area contributed by atoms with Crippen molar-refractivity contribution in [2.45, 2.75) is 12.5 Å². The number of carboxylic acids is 2. The summed E-state index contributed by atoms with van der Waals surface area (Å²) in [5, 5.41) is 38.9. The monoisotopic (exact) mass is 509 g/mol. The maximum absolute atomic E-state index is 13.8. The number of phenols is 1. The molecule has 0 bridgehead atoms. The van der Waals surface area contributed by atoms with E-state index >= 15 is 0 Å². The minimum absolute atomic E-state index is 0.0997. The topological polar surface area (TPSA) is 153 Å². The minimum atomic E-state index is -1.26. The second kappa shape index (κ2) is 12.1. The van der Waals surface area contributed by atoms with Gasteiger partial charge in [-0.3, -0.25) is 4.79 Å². The number of phenolic OH excluding ortho intramolecular Hbond substituents is 1. The lowest BCUT2D eigenvalue weighted by Gasteiger charge is -2.33. The Labute approximate surface area is 205 Å². The molecule has 5 N–H and O–H groups in total. The quantitative estimate of drug-likeness (QED) is 0.268. The zero-order valence-corrected chi connectivity index (χ0v) is 19.6. The van der Waals surface area contributed by atoms with Crippen LogP contribution in [0.5, 0.6) is 11.5 Å². The summed E-state index contributed by atoms with van der Waals surface area (Å²) in [5.41, 5.74) is 1.08. The number of amides is 1. The lowest BCUT2D eigenvalue weighted by atomic mass is 10.0. The Morgan fingerprint density at radius 2 is 1.78 bits per heavy atom. The third-order valence-corrected chi connectivity index (χ3v) is 5.12. The fourth-order valence-corrected chi connectivity index (χ4v) is 3.41. The van der Waals surface area contributed by atoms with E-state index in [0.29, 0.717) is 52.2 Å². The molecule has 0 aromatic heterocycles. The van der Waals surface area contributed by atoms with Crippen molar-refractivity contribution in [3.05, 3.63) is 65.2 Å². The normalized spacial score (nSPS) is 13.6. The van der Waals surface area contributed by atoms with Gasteiger partial charge in [0.25, 0.3) is 5.91 Å². The van der Waals surface area contributed by atoms with Gasteiger partial charge in [-0.25, -0.2) is 18.4 Å². The van der Waals surface area contributed by atoms with Gasteiger partial charge in [0.15, 0.2) is 6.61 Å². The number of aliphatic hydroxyl groups excluding tert-OH is 1. The number of hydrogen-bond acceptors (Lipinski definition) is 6. The lowest BCUT2D eigenvalue weighted by Crippen LogP contribution is -2.44. The Morgan fingerprint density at radius 1 is 1.14 bits per heavy atom. The molecule has 1 aliphatic heterocycles. The summed E-state index contributed by atoms with van der Waals surface area (Å²) in [7, 11) is 3.76. The van der Waals surface area contributed by atoms with Crippen LogP contribution in [0.2, 0.25) is 0 Å². The van der Waals surface area contributed by atoms with Gasteiger partial charge in [-0.1, -0.05) is 6.07 Å². The third-order valence-electron chi connectivity index (χ3n) is 5.12. The van der Waals surface area contributed by atoms with E-state index in [1.54, 1.807) is 0 Å². The van der Waals surface area contributed by atoms with Crippen LogP contribution in [0, 0.1) is 11.6 Å². The van der Waals surface area contributed by atoms with E-state index in [-0.39, 0.29) is 24.8 Å². The molecule has 12 heteroatoms. The SMILES string of the molecule is C[N+](C)(CCc1ccc(F)cc1F)C[C@H](O)c1cc(O)cc2c1OCC(=O)N2.O=C(O)/C=C\C(=O)O. The molecule has 1 atom stereocenters. The summed E-state index contributed by atoms with van der Waals surface area (Å²) in [6.07, 6.45) is 0.505. The zero-order valence-electron chi connectivity index (χ0n) is 19.6. The number of hydrogen-bond donors (Lipinski definition) is 5. The molecule has 1 amide bonds. The summed E-state index contributed by atoms with van der Waals surface area (Å²) in [5.74, 6) is -3.83. The second-order valence-corrected chi connectivity index (χ2v) is 8.60. The van der Waals surface area contributed by atoms with E-state index in [9.17, 15) is 33.4 Å². The smallest absolute Gasteiger partial charge is 0.328 e. The third kappa shape index (κ3) is 8.64. The van der Waals surface area contributed by atoms with Crippen molar-refractivity contribution in [1.82, 2.24) is 0 Å². The van der Waals surface area contributed by atoms with Crippen LogP contribution in [-0.4, -0.2) is 76.5 Å². The zero-order chi connectivity index (χ0) is 27.0. The molecule has 0 radical (unpaired) electrons. The summed E-state index contributed by atoms with van der Waals surface area (Å²) in [6, 6.07) is 6.26. The Balaban J connectivity index is 0.000000493. The Bertz CT molecular complexity index is 1150. The molecular formula is C24H27F2N2O8+. The number of carbonyl (C=O) groups excluding carboxylic acids is 1. The number of nitrogens with one attached hydrogen (secondary N) is 1. The summed E-state index contributed by atoms with van der Waals surface area (Å²) in [6.45, 7) is 0.591. The molecule has 0 spiro atoms. The van der Waals surface area contributed by atoms with Crippen molar-refractivity contribution < 1.29 is 52.8 Å². The van der Waals surface area contributed by atoms with Gasteiger partial charge in [0.1, 0.15) is 35.8 Å². The van der Waals surface area contributed by atoms with Gasteiger partial charge in [-0.05, 0) is 17.7 Å². The molecule has 2 aromatic rings. The predicted molar refractivity (Wildman–Crippen MR) is 124 cm³/mol. The number of aliphatic hydroxyl groups is 1. The number of anilines is 1. The number of carboxylic acid groups (broad SMARTS) is 2. The van der Waals surface area contributed by atoms with Crippen LogP contribution < -0.4 is 10.1 Å². The van der Waals surface area contributed by atoms with E-state index in [1.807, 2.05) is 14.1 Å². The Hall–Kier alpha value is -4.03. The molecule has 0 saturated carbocycles. The molecule has 0 saturated heterocycles. The lowest BCUT2D eigenvalue weighted by molar-refractivity contribution is -0.893. The van der Waals surface area contributed by atoms with Crippen molar-refractivity contribution in [1.29, 1.82) is 0 Å². The first kappa shape index (κ1) is 28.2. The van der Waals surface area contributed by atoms with Gasteiger partial charge < -0.3 is 35.0 Å². The summed E-state index contributed by atoms with van der Waals surface area (Å²) < 4.78 is 32.7. The maximum atomic E-state index is 13.8. The molecule has 10 nitrogen and oxygen atoms in total. The highest BCUT2D eigenvalue weighted by Gasteiger charge is 2.29. The van der Waals surface area contributed by atoms with E-state index in [2.05, 4.69) is 5.32 Å². The van der Waals surface area contributed by atoms with Crippen LogP contribution in [0.3, 0.4) is 0 Å². The molecular weight excluding hydrogens is 482 g/mol. The minimum Gasteiger partial charge on any atom is -0.508 e. The van der Waals surface area contributed by atoms with Crippen molar-refractivity contribution in [2.75, 3.05) is 39.1 Å². The summed E-state index contributed by atoms with van der Waals surface area (Å²) >= 11 is 0. The molecule has 2 aromatic carbocycles. The Morgan fingerprint density at radius 3 is 2.36 bits per heavy atom. The highest BCUT2D eigenvalue weighted by atomic mass is 19.1. The molecule has 1 aliphatic rings. The number of likely N-dealkylation sites (N-methyl/N-ethyl adjacent to an activating group) is 1. The van der Waals surface area contributed by atoms with Gasteiger partial charge in [0.2, 0.25) is 0 Å². The van der Waals surface area contributed by atoms with Gasteiger partial charge in [-0.15, -0.1) is 0 Å². The van der Waals surface area contributed by atoms with Crippen LogP contribution in [-0.2, 0) is 20.8 Å². The molecule has 1 heterocycles. The van der Waals surface area contributed by atoms with Crippen LogP contribution in [0.25, 0.3) is 0 Å². The van der Waals surface area contributed by atoms with Gasteiger partial charge in [0, 0.05) is 36.3 Å². The van der Waals surface area contributed by atoms with Gasteiger partial charge >= 0.3 is 11.9 Å². The van der Waals surface area contributed by atoms with Crippen LogP contribution >= 0.6 is 0 Å². The number of fused-ring (bicyclic) bond motifs is 1. The number of aromatic hydroxyl groups is 1. The average Bonchev–Trinajstić information content (AvgIpc) is 2.76. The molecule has 36 heavy (non-hydrogen) atoms. The maximum Gasteiger partial charge on any atom is 0.328 e. The second-order valence-electron chi connectivity index (χ2n) is 8.60. The number of quaternary nitrogens is 1. The molecule has 0 unspecified atom stereocenters. The first-order valence-electron chi connectivity index (χ1n) is 10.6. The predicted octanol–water partition coefficient (Wildman–Crippen LogP) is 2.07. The highest BCUT2D eigenvalue weighted by Crippen LogP contribution is 2.39. The van der Waals surface area contributed by atoms with Crippen molar-refractivity contribution in [2.24, 2.45) is 0 Å². The van der Waals surface area contributed by atoms with E-state index in [4.69, 9.17) is 14.9 Å². The van der Waals surface area contributed by atoms with Crippen molar-refractivity contribution in [3.8, 4) is 11.5 Å². The highest BCUT2D eigenvalue weighted by molar-refractivity contribution is 5.96. The first-order chi connectivity index (χ1) is 16.8. The van der Waals surface area contributed by atoms with E-state index in [0.717, 1.165) is 6.07 Å². The number of nitrogens with zero attached hydrogens (tertiary/aromatic N) is 1. The van der Waals surface area contributed by atoms with Gasteiger partial charge in [-0.2, -0.15) is 0 Å². The number of benzene rings is 2. The van der Waals surface area contributed by atoms with Crippen molar-refractivity contribution >= 4 is 23.5 Å². The number of carbonyl (C=O) groups is 3. The largest absolute Gasteiger partial charge is 0.508 e. The molecule has 3 rings (SSSR count). The fourth-order valence-electron chi connectivity index (χ4n) is 3.41. The first-order valence-corrected chi connectivity index (χ1v) is 10.6. The average molecular weight is 509 g/mol. The fraction of sp³-hybridized carbons (Fsp3) is 0.292. The number of rotatable bonds is 8. The standard InChI is InChI=1S/C20H22F2N2O4.C4H4O4/c1-24(2,6-5-12-3-4-13(21)7-16(12)22)10-18(26)15-8-14(25)9-17-20(15)28-11-19(27)23-17;5-3(6)1-2-4(7)8/h3-4,7-9,18,26H,5-6,10-11H2,1-2H3,(H-,23,25,27);1-2H,(H,5,6)(H,7,8)/p+1/b;2-1-/t18-;/m0./s1. The van der Waals surface area contributed by atoms with Crippen LogP contribution in [0.1, 0.15) is 17.2 Å². The number of halogens is 2. The Kier molecular flexibility index (Phi) is 9.47. The van der Waals surface area contributed by atoms with E-state index in [1.165, 1.54) is 24.3 Å². The molecule has 194 valence electrons.